The molecule has 4 rings (SSSR count). The third-order valence-corrected chi connectivity index (χ3v) is 6.43. The Bertz CT molecular complexity index is 713. The summed E-state index contributed by atoms with van der Waals surface area (Å²) in [6.45, 7) is 5.13. The fraction of sp³-hybridized carbons (Fsp3) is 0.588. The third-order valence-electron chi connectivity index (χ3n) is 4.94. The van der Waals surface area contributed by atoms with Gasteiger partial charge in [0.05, 0.1) is 22.7 Å². The molecule has 0 amide bonds. The van der Waals surface area contributed by atoms with Crippen LogP contribution in [0.2, 0.25) is 4.34 Å². The Morgan fingerprint density at radius 3 is 3.13 bits per heavy atom. The number of nitrogens with one attached hydrogen (secondary N) is 2. The van der Waals surface area contributed by atoms with Crippen LogP contribution in [0.25, 0.3) is 0 Å². The highest BCUT2D eigenvalue weighted by atomic mass is 35.5. The molecule has 6 heteroatoms. The molecule has 2 N–H and O–H groups in total. The fourth-order valence-electron chi connectivity index (χ4n) is 3.97. The Hall–Kier alpha value is -0.880. The molecule has 2 aliphatic heterocycles. The van der Waals surface area contributed by atoms with Crippen molar-refractivity contribution in [3.05, 3.63) is 38.6 Å². The summed E-state index contributed by atoms with van der Waals surface area (Å²) in [6, 6.07) is 2.68. The van der Waals surface area contributed by atoms with Crippen molar-refractivity contribution in [3.63, 3.8) is 0 Å². The molecule has 2 aromatic heterocycles. The van der Waals surface area contributed by atoms with Gasteiger partial charge in [0.1, 0.15) is 11.4 Å². The van der Waals surface area contributed by atoms with Crippen LogP contribution in [0, 0.1) is 0 Å². The highest BCUT2D eigenvalue weighted by Gasteiger charge is 2.46. The summed E-state index contributed by atoms with van der Waals surface area (Å²) in [7, 11) is 0. The first kappa shape index (κ1) is 15.6. The summed E-state index contributed by atoms with van der Waals surface area (Å²) in [5.41, 5.74) is 2.26. The standard InChI is InChI=1S/C17H22ClN3OS/c1-3-12-9-19-16(21-12)13-8-17(7-10(2)20-13)15-11(4-5-22-17)6-14(18)23-15/h6,9-10,13,20H,3-5,7-8H2,1-2H3,(H,19,21). The molecular weight excluding hydrogens is 330 g/mol. The van der Waals surface area contributed by atoms with E-state index in [4.69, 9.17) is 21.3 Å². The minimum atomic E-state index is -0.222. The van der Waals surface area contributed by atoms with E-state index in [1.54, 1.807) is 11.3 Å². The Balaban J connectivity index is 1.69. The van der Waals surface area contributed by atoms with Gasteiger partial charge in [0.2, 0.25) is 0 Å². The number of thiophene rings is 1. The van der Waals surface area contributed by atoms with E-state index in [-0.39, 0.29) is 11.6 Å². The maximum Gasteiger partial charge on any atom is 0.123 e. The van der Waals surface area contributed by atoms with E-state index in [1.807, 2.05) is 6.20 Å². The van der Waals surface area contributed by atoms with Crippen molar-refractivity contribution < 1.29 is 4.74 Å². The van der Waals surface area contributed by atoms with Crippen LogP contribution in [0.15, 0.2) is 12.3 Å². The molecule has 0 saturated carbocycles. The molecule has 3 unspecified atom stereocenters. The minimum Gasteiger partial charge on any atom is -0.369 e. The molecule has 1 saturated heterocycles. The number of piperidine rings is 1. The average Bonchev–Trinajstić information content (AvgIpc) is 3.13. The van der Waals surface area contributed by atoms with Crippen LogP contribution in [-0.2, 0) is 23.2 Å². The predicted molar refractivity (Wildman–Crippen MR) is 93.2 cm³/mol. The van der Waals surface area contributed by atoms with Gasteiger partial charge < -0.3 is 15.0 Å². The van der Waals surface area contributed by atoms with Crippen molar-refractivity contribution in [2.75, 3.05) is 6.61 Å². The average molecular weight is 352 g/mol. The quantitative estimate of drug-likeness (QED) is 0.860. The number of rotatable bonds is 2. The van der Waals surface area contributed by atoms with E-state index in [0.29, 0.717) is 6.04 Å². The van der Waals surface area contributed by atoms with E-state index in [9.17, 15) is 0 Å². The number of ether oxygens (including phenoxy) is 1. The number of fused-ring (bicyclic) bond motifs is 2. The van der Waals surface area contributed by atoms with Crippen LogP contribution < -0.4 is 5.32 Å². The van der Waals surface area contributed by atoms with Gasteiger partial charge in [-0.1, -0.05) is 18.5 Å². The van der Waals surface area contributed by atoms with Gasteiger partial charge in [-0.2, -0.15) is 0 Å². The van der Waals surface area contributed by atoms with Gasteiger partial charge in [-0.05, 0) is 37.8 Å². The monoisotopic (exact) mass is 351 g/mol. The number of aromatic amines is 1. The van der Waals surface area contributed by atoms with Crippen molar-refractivity contribution in [2.24, 2.45) is 0 Å². The number of nitrogens with zero attached hydrogens (tertiary/aromatic N) is 1. The predicted octanol–water partition coefficient (Wildman–Crippen LogP) is 3.97. The Kier molecular flexibility index (Phi) is 4.00. The van der Waals surface area contributed by atoms with Gasteiger partial charge in [-0.3, -0.25) is 0 Å². The fourth-order valence-corrected chi connectivity index (χ4v) is 5.44. The number of aryl methyl sites for hydroxylation is 1. The van der Waals surface area contributed by atoms with Gasteiger partial charge in [0.25, 0.3) is 0 Å². The van der Waals surface area contributed by atoms with Gasteiger partial charge >= 0.3 is 0 Å². The number of halogens is 1. The normalized spacial score (nSPS) is 30.6. The molecule has 23 heavy (non-hydrogen) atoms. The van der Waals surface area contributed by atoms with Crippen molar-refractivity contribution in [3.8, 4) is 0 Å². The second kappa shape index (κ2) is 5.88. The Labute approximate surface area is 145 Å². The highest BCUT2D eigenvalue weighted by Crippen LogP contribution is 2.49. The zero-order chi connectivity index (χ0) is 16.0. The molecule has 1 fully saturated rings. The zero-order valence-electron chi connectivity index (χ0n) is 13.5. The van der Waals surface area contributed by atoms with Crippen LogP contribution in [0.5, 0.6) is 0 Å². The van der Waals surface area contributed by atoms with Gasteiger partial charge in [-0.25, -0.2) is 4.98 Å². The van der Waals surface area contributed by atoms with E-state index >= 15 is 0 Å². The van der Waals surface area contributed by atoms with Crippen LogP contribution in [0.4, 0.5) is 0 Å². The largest absolute Gasteiger partial charge is 0.369 e. The van der Waals surface area contributed by atoms with Crippen LogP contribution >= 0.6 is 22.9 Å². The lowest BCUT2D eigenvalue weighted by atomic mass is 9.79. The number of aromatic nitrogens is 2. The first-order valence-electron chi connectivity index (χ1n) is 8.32. The molecule has 0 aromatic carbocycles. The zero-order valence-corrected chi connectivity index (χ0v) is 15.1. The molecular formula is C17H22ClN3OS. The molecule has 124 valence electrons. The van der Waals surface area contributed by atoms with Crippen molar-refractivity contribution in [1.82, 2.24) is 15.3 Å². The summed E-state index contributed by atoms with van der Waals surface area (Å²) in [4.78, 5) is 9.40. The third kappa shape index (κ3) is 2.74. The number of hydrogen-bond acceptors (Lipinski definition) is 4. The molecule has 0 radical (unpaired) electrons. The summed E-state index contributed by atoms with van der Waals surface area (Å²) in [6.07, 6.45) is 5.81. The number of hydrogen-bond donors (Lipinski definition) is 2. The van der Waals surface area contributed by atoms with Crippen LogP contribution in [0.3, 0.4) is 0 Å². The van der Waals surface area contributed by atoms with Gasteiger partial charge in [-0.15, -0.1) is 11.3 Å². The number of H-pyrrole nitrogens is 1. The SMILES string of the molecule is CCc1c[nH]c(C2CC3(CC(C)N2)OCCc2cc(Cl)sc23)n1. The van der Waals surface area contributed by atoms with Crippen molar-refractivity contribution >= 4 is 22.9 Å². The molecule has 4 nitrogen and oxygen atoms in total. The van der Waals surface area contributed by atoms with E-state index in [2.05, 4.69) is 30.2 Å². The summed E-state index contributed by atoms with van der Waals surface area (Å²) in [5.74, 6) is 1.02. The summed E-state index contributed by atoms with van der Waals surface area (Å²) in [5, 5.41) is 3.68. The first-order valence-corrected chi connectivity index (χ1v) is 9.52. The Morgan fingerprint density at radius 1 is 1.48 bits per heavy atom. The van der Waals surface area contributed by atoms with Crippen LogP contribution in [0.1, 0.15) is 54.7 Å². The molecule has 2 aliphatic rings. The molecule has 3 atom stereocenters. The second-order valence-electron chi connectivity index (χ2n) is 6.66. The first-order chi connectivity index (χ1) is 11.1. The topological polar surface area (TPSA) is 49.9 Å². The van der Waals surface area contributed by atoms with Crippen LogP contribution in [-0.4, -0.2) is 22.6 Å². The minimum absolute atomic E-state index is 0.186. The molecule has 4 heterocycles. The Morgan fingerprint density at radius 2 is 2.35 bits per heavy atom. The second-order valence-corrected chi connectivity index (χ2v) is 8.34. The lowest BCUT2D eigenvalue weighted by molar-refractivity contribution is -0.0960. The lowest BCUT2D eigenvalue weighted by Gasteiger charge is -2.45. The lowest BCUT2D eigenvalue weighted by Crippen LogP contribution is -2.49. The van der Waals surface area contributed by atoms with Crippen molar-refractivity contribution in [2.45, 2.75) is 57.2 Å². The molecule has 2 aromatic rings. The van der Waals surface area contributed by atoms with E-state index in [1.165, 1.54) is 10.4 Å². The molecule has 0 bridgehead atoms. The molecule has 1 spiro atoms. The van der Waals surface area contributed by atoms with Gasteiger partial charge in [0, 0.05) is 23.5 Å². The van der Waals surface area contributed by atoms with Gasteiger partial charge in [0.15, 0.2) is 0 Å². The van der Waals surface area contributed by atoms with Crippen molar-refractivity contribution in [1.29, 1.82) is 0 Å². The maximum atomic E-state index is 6.37. The number of imidazole rings is 1. The highest BCUT2D eigenvalue weighted by molar-refractivity contribution is 7.16. The van der Waals surface area contributed by atoms with E-state index in [0.717, 1.165) is 48.1 Å². The maximum absolute atomic E-state index is 6.37. The summed E-state index contributed by atoms with van der Waals surface area (Å²) < 4.78 is 7.24. The smallest absolute Gasteiger partial charge is 0.123 e. The summed E-state index contributed by atoms with van der Waals surface area (Å²) >= 11 is 7.98. The van der Waals surface area contributed by atoms with E-state index < -0.39 is 0 Å². The molecule has 0 aliphatic carbocycles.